The Labute approximate surface area is 83.1 Å². The van der Waals surface area contributed by atoms with Crippen molar-refractivity contribution in [3.63, 3.8) is 0 Å². The zero-order valence-electron chi connectivity index (χ0n) is 9.26. The Morgan fingerprint density at radius 1 is 1.23 bits per heavy atom. The largest absolute Gasteiger partial charge is 0.0654 e. The molecule has 0 spiro atoms. The molecule has 0 radical (unpaired) electrons. The standard InChI is InChI=1S/C13H24/c1-3-4-5-10(2)13-9-11-6-7-12(13)8-11/h10-13H,3-9H2,1-2H3/t10-,11?,12?,13?/m0/s1. The van der Waals surface area contributed by atoms with E-state index in [0.717, 1.165) is 23.7 Å². The van der Waals surface area contributed by atoms with Crippen LogP contribution in [0.1, 0.15) is 58.8 Å². The third-order valence-corrected chi connectivity index (χ3v) is 4.54. The molecule has 0 heteroatoms. The Kier molecular flexibility index (Phi) is 2.96. The van der Waals surface area contributed by atoms with Crippen molar-refractivity contribution >= 4 is 0 Å². The molecule has 13 heavy (non-hydrogen) atoms. The van der Waals surface area contributed by atoms with Crippen LogP contribution < -0.4 is 0 Å². The second-order valence-corrected chi connectivity index (χ2v) is 5.46. The minimum atomic E-state index is 1.02. The van der Waals surface area contributed by atoms with Gasteiger partial charge in [0.25, 0.3) is 0 Å². The van der Waals surface area contributed by atoms with Gasteiger partial charge in [-0.2, -0.15) is 0 Å². The summed E-state index contributed by atoms with van der Waals surface area (Å²) in [6.07, 6.45) is 10.6. The SMILES string of the molecule is CCCC[C@H](C)C1CC2CCC1C2. The molecule has 2 aliphatic rings. The molecule has 2 aliphatic carbocycles. The van der Waals surface area contributed by atoms with E-state index < -0.39 is 0 Å². The molecule has 0 amide bonds. The number of hydrogen-bond acceptors (Lipinski definition) is 0. The summed E-state index contributed by atoms with van der Waals surface area (Å²) in [5.41, 5.74) is 0. The van der Waals surface area contributed by atoms with Crippen LogP contribution >= 0.6 is 0 Å². The summed E-state index contributed by atoms with van der Waals surface area (Å²) in [6.45, 7) is 4.81. The molecule has 0 saturated heterocycles. The Hall–Kier alpha value is 0. The van der Waals surface area contributed by atoms with Crippen LogP contribution in [-0.4, -0.2) is 0 Å². The fourth-order valence-electron chi connectivity index (χ4n) is 3.73. The predicted molar refractivity (Wildman–Crippen MR) is 57.6 cm³/mol. The number of fused-ring (bicyclic) bond motifs is 2. The molecule has 0 N–H and O–H groups in total. The zero-order chi connectivity index (χ0) is 9.26. The lowest BCUT2D eigenvalue weighted by molar-refractivity contribution is 0.228. The molecule has 2 rings (SSSR count). The van der Waals surface area contributed by atoms with Crippen LogP contribution in [0, 0.1) is 23.7 Å². The highest BCUT2D eigenvalue weighted by atomic mass is 14.5. The minimum absolute atomic E-state index is 1.02. The summed E-state index contributed by atoms with van der Waals surface area (Å²) in [4.78, 5) is 0. The average molecular weight is 180 g/mol. The van der Waals surface area contributed by atoms with Crippen molar-refractivity contribution in [2.24, 2.45) is 23.7 Å². The van der Waals surface area contributed by atoms with Gasteiger partial charge in [0.2, 0.25) is 0 Å². The first-order valence-electron chi connectivity index (χ1n) is 6.31. The molecular formula is C13H24. The van der Waals surface area contributed by atoms with Crippen molar-refractivity contribution < 1.29 is 0 Å². The summed E-state index contributed by atoms with van der Waals surface area (Å²) in [5, 5.41) is 0. The summed E-state index contributed by atoms with van der Waals surface area (Å²) >= 11 is 0. The van der Waals surface area contributed by atoms with E-state index in [4.69, 9.17) is 0 Å². The third kappa shape index (κ3) is 1.92. The first-order valence-corrected chi connectivity index (χ1v) is 6.31. The smallest absolute Gasteiger partial charge is 0.0357 e. The summed E-state index contributed by atoms with van der Waals surface area (Å²) in [7, 11) is 0. The fraction of sp³-hybridized carbons (Fsp3) is 1.00. The Morgan fingerprint density at radius 3 is 2.62 bits per heavy atom. The van der Waals surface area contributed by atoms with Crippen LogP contribution in [0.5, 0.6) is 0 Å². The third-order valence-electron chi connectivity index (χ3n) is 4.54. The summed E-state index contributed by atoms with van der Waals surface area (Å²) in [6, 6.07) is 0. The van der Waals surface area contributed by atoms with Crippen LogP contribution in [0.3, 0.4) is 0 Å². The van der Waals surface area contributed by atoms with Gasteiger partial charge in [0.05, 0.1) is 0 Å². The Balaban J connectivity index is 1.80. The van der Waals surface area contributed by atoms with E-state index in [-0.39, 0.29) is 0 Å². The van der Waals surface area contributed by atoms with Crippen molar-refractivity contribution in [3.05, 3.63) is 0 Å². The summed E-state index contributed by atoms with van der Waals surface area (Å²) in [5.74, 6) is 4.41. The van der Waals surface area contributed by atoms with Gasteiger partial charge in [-0.05, 0) is 42.9 Å². The van der Waals surface area contributed by atoms with Crippen molar-refractivity contribution in [3.8, 4) is 0 Å². The van der Waals surface area contributed by atoms with E-state index in [2.05, 4.69) is 13.8 Å². The van der Waals surface area contributed by atoms with Crippen LogP contribution in [0.25, 0.3) is 0 Å². The predicted octanol–water partition coefficient (Wildman–Crippen LogP) is 4.25. The van der Waals surface area contributed by atoms with Gasteiger partial charge < -0.3 is 0 Å². The van der Waals surface area contributed by atoms with Gasteiger partial charge in [0.15, 0.2) is 0 Å². The van der Waals surface area contributed by atoms with Gasteiger partial charge in [-0.25, -0.2) is 0 Å². The number of hydrogen-bond donors (Lipinski definition) is 0. The van der Waals surface area contributed by atoms with Crippen LogP contribution in [-0.2, 0) is 0 Å². The maximum Gasteiger partial charge on any atom is -0.0357 e. The summed E-state index contributed by atoms with van der Waals surface area (Å²) < 4.78 is 0. The lowest BCUT2D eigenvalue weighted by Gasteiger charge is -2.27. The first kappa shape index (κ1) is 9.55. The van der Waals surface area contributed by atoms with E-state index >= 15 is 0 Å². The molecule has 0 aliphatic heterocycles. The fourth-order valence-corrected chi connectivity index (χ4v) is 3.73. The maximum atomic E-state index is 2.50. The molecule has 0 heterocycles. The zero-order valence-corrected chi connectivity index (χ0v) is 9.26. The lowest BCUT2D eigenvalue weighted by atomic mass is 9.78. The molecule has 0 aromatic rings. The number of unbranched alkanes of at least 4 members (excludes halogenated alkanes) is 1. The van der Waals surface area contributed by atoms with Gasteiger partial charge >= 0.3 is 0 Å². The molecule has 0 nitrogen and oxygen atoms in total. The molecule has 76 valence electrons. The quantitative estimate of drug-likeness (QED) is 0.606. The highest BCUT2D eigenvalue weighted by Gasteiger charge is 2.41. The van der Waals surface area contributed by atoms with Gasteiger partial charge in [-0.15, -0.1) is 0 Å². The van der Waals surface area contributed by atoms with Crippen molar-refractivity contribution in [2.75, 3.05) is 0 Å². The van der Waals surface area contributed by atoms with Crippen LogP contribution in [0.2, 0.25) is 0 Å². The second kappa shape index (κ2) is 4.02. The number of rotatable bonds is 4. The molecule has 0 aromatic carbocycles. The van der Waals surface area contributed by atoms with E-state index in [1.807, 2.05) is 0 Å². The van der Waals surface area contributed by atoms with E-state index in [1.54, 1.807) is 25.7 Å². The molecular weight excluding hydrogens is 156 g/mol. The van der Waals surface area contributed by atoms with Gasteiger partial charge in [0, 0.05) is 0 Å². The highest BCUT2D eigenvalue weighted by Crippen LogP contribution is 2.51. The van der Waals surface area contributed by atoms with E-state index in [9.17, 15) is 0 Å². The molecule has 3 unspecified atom stereocenters. The van der Waals surface area contributed by atoms with Gasteiger partial charge in [-0.1, -0.05) is 39.5 Å². The Morgan fingerprint density at radius 2 is 2.08 bits per heavy atom. The van der Waals surface area contributed by atoms with Crippen LogP contribution in [0.15, 0.2) is 0 Å². The Bertz CT molecular complexity index is 161. The average Bonchev–Trinajstić information content (AvgIpc) is 2.74. The monoisotopic (exact) mass is 180 g/mol. The van der Waals surface area contributed by atoms with Crippen LogP contribution in [0.4, 0.5) is 0 Å². The van der Waals surface area contributed by atoms with E-state index in [1.165, 1.54) is 19.3 Å². The van der Waals surface area contributed by atoms with Crippen molar-refractivity contribution in [1.82, 2.24) is 0 Å². The molecule has 4 atom stereocenters. The van der Waals surface area contributed by atoms with Crippen molar-refractivity contribution in [2.45, 2.75) is 58.8 Å². The van der Waals surface area contributed by atoms with Gasteiger partial charge in [0.1, 0.15) is 0 Å². The normalized spacial score (nSPS) is 39.7. The molecule has 0 aromatic heterocycles. The van der Waals surface area contributed by atoms with Gasteiger partial charge in [-0.3, -0.25) is 0 Å². The topological polar surface area (TPSA) is 0 Å². The van der Waals surface area contributed by atoms with Crippen molar-refractivity contribution in [1.29, 1.82) is 0 Å². The minimum Gasteiger partial charge on any atom is -0.0654 e. The van der Waals surface area contributed by atoms with E-state index in [0.29, 0.717) is 0 Å². The second-order valence-electron chi connectivity index (χ2n) is 5.46. The molecule has 2 fully saturated rings. The first-order chi connectivity index (χ1) is 6.31. The lowest BCUT2D eigenvalue weighted by Crippen LogP contribution is -2.18. The molecule has 2 bridgehead atoms. The maximum absolute atomic E-state index is 2.50. The highest BCUT2D eigenvalue weighted by molar-refractivity contribution is 4.91. The molecule has 2 saturated carbocycles.